The Hall–Kier alpha value is -4.06. The number of aromatic amines is 1. The van der Waals surface area contributed by atoms with Gasteiger partial charge in [-0.1, -0.05) is 18.2 Å². The molecule has 3 heterocycles. The number of anilines is 2. The molecule has 0 aliphatic heterocycles. The summed E-state index contributed by atoms with van der Waals surface area (Å²) in [5.41, 5.74) is 4.18. The highest BCUT2D eigenvalue weighted by molar-refractivity contribution is 6.05. The molecule has 0 spiro atoms. The molecule has 0 unspecified atom stereocenters. The molecule has 0 saturated heterocycles. The van der Waals surface area contributed by atoms with Crippen molar-refractivity contribution in [3.8, 4) is 0 Å². The fourth-order valence-electron chi connectivity index (χ4n) is 3.57. The Morgan fingerprint density at radius 2 is 2.00 bits per heavy atom. The average molecular weight is 397 g/mol. The van der Waals surface area contributed by atoms with Crippen molar-refractivity contribution >= 4 is 39.3 Å². The zero-order valence-corrected chi connectivity index (χ0v) is 16.3. The lowest BCUT2D eigenvalue weighted by molar-refractivity contribution is 0.262. The van der Waals surface area contributed by atoms with E-state index in [0.717, 1.165) is 16.3 Å². The number of H-pyrrole nitrogens is 1. The molecular weight excluding hydrogens is 374 g/mol. The van der Waals surface area contributed by atoms with Gasteiger partial charge in [0.05, 0.1) is 13.9 Å². The first-order valence-electron chi connectivity index (χ1n) is 10.6. The summed E-state index contributed by atoms with van der Waals surface area (Å²) in [7, 11) is 0. The van der Waals surface area contributed by atoms with Crippen LogP contribution in [0.4, 0.5) is 16.2 Å². The van der Waals surface area contributed by atoms with Crippen molar-refractivity contribution in [2.45, 2.75) is 13.4 Å². The smallest absolute Gasteiger partial charge is 0.323 e. The molecule has 2 amide bonds. The number of aromatic nitrogens is 3. The minimum Gasteiger partial charge on any atom is -0.346 e. The maximum atomic E-state index is 12.6. The topological polar surface area (TPSA) is 74.7 Å². The van der Waals surface area contributed by atoms with Crippen molar-refractivity contribution in [1.82, 2.24) is 14.5 Å². The number of hydrogen-bond acceptors (Lipinski definition) is 2. The molecule has 5 rings (SSSR count). The Labute approximate surface area is 176 Å². The molecule has 0 bridgehead atoms. The molecule has 3 aromatic heterocycles. The van der Waals surface area contributed by atoms with Gasteiger partial charge in [0.15, 0.2) is 0 Å². The SMILES string of the molecule is [2H]C([2H])(c1ccnc2[nH]ccc12)n1ccc2c(NC(=O)Nc3cccc(C)c3)cccc21. The Kier molecular flexibility index (Phi) is 3.90. The zero-order chi connectivity index (χ0) is 22.3. The Balaban J connectivity index is 1.49. The normalized spacial score (nSPS) is 12.6. The van der Waals surface area contributed by atoms with Crippen LogP contribution in [0.2, 0.25) is 0 Å². The van der Waals surface area contributed by atoms with E-state index in [2.05, 4.69) is 20.6 Å². The summed E-state index contributed by atoms with van der Waals surface area (Å²) in [5, 5.41) is 7.19. The third-order valence-corrected chi connectivity index (χ3v) is 4.96. The second kappa shape index (κ2) is 7.40. The van der Waals surface area contributed by atoms with Gasteiger partial charge in [0.2, 0.25) is 0 Å². The molecular formula is C24H21N5O. The van der Waals surface area contributed by atoms with Gasteiger partial charge in [-0.2, -0.15) is 0 Å². The number of benzene rings is 2. The summed E-state index contributed by atoms with van der Waals surface area (Å²) in [6, 6.07) is 18.0. The van der Waals surface area contributed by atoms with Crippen LogP contribution in [0.3, 0.4) is 0 Å². The van der Waals surface area contributed by atoms with Gasteiger partial charge in [-0.15, -0.1) is 0 Å². The highest BCUT2D eigenvalue weighted by Crippen LogP contribution is 2.26. The van der Waals surface area contributed by atoms with Crippen molar-refractivity contribution in [3.05, 3.63) is 90.4 Å². The number of hydrogen-bond donors (Lipinski definition) is 3. The molecule has 0 fully saturated rings. The van der Waals surface area contributed by atoms with Crippen LogP contribution >= 0.6 is 0 Å². The Bertz CT molecular complexity index is 1450. The van der Waals surface area contributed by atoms with E-state index in [1.54, 1.807) is 41.4 Å². The van der Waals surface area contributed by atoms with Crippen molar-refractivity contribution < 1.29 is 7.54 Å². The number of urea groups is 1. The predicted octanol–water partition coefficient (Wildman–Crippen LogP) is 5.52. The quantitative estimate of drug-likeness (QED) is 0.374. The monoisotopic (exact) mass is 397 g/mol. The first kappa shape index (κ1) is 15.8. The van der Waals surface area contributed by atoms with Crippen LogP contribution in [0.25, 0.3) is 21.9 Å². The van der Waals surface area contributed by atoms with Crippen LogP contribution < -0.4 is 10.6 Å². The standard InChI is InChI=1S/C24H21N5O/c1-16-4-2-5-18(14-16)27-24(30)28-21-6-3-7-22-20(21)10-13-29(22)15-17-8-11-25-23-19(17)9-12-26-23/h2-14H,15H2,1H3,(H,25,26)(H2,27,28,30)/i15D2. The summed E-state index contributed by atoms with van der Waals surface area (Å²) in [4.78, 5) is 19.9. The number of pyridine rings is 1. The average Bonchev–Trinajstić information content (AvgIpc) is 3.41. The minimum absolute atomic E-state index is 0.359. The maximum Gasteiger partial charge on any atom is 0.323 e. The number of nitrogens with one attached hydrogen (secondary N) is 3. The van der Waals surface area contributed by atoms with Gasteiger partial charge < -0.3 is 20.2 Å². The van der Waals surface area contributed by atoms with Gasteiger partial charge in [0, 0.05) is 41.5 Å². The van der Waals surface area contributed by atoms with E-state index in [0.29, 0.717) is 28.1 Å². The third-order valence-electron chi connectivity index (χ3n) is 4.96. The number of rotatable bonds is 4. The van der Waals surface area contributed by atoms with E-state index in [-0.39, 0.29) is 6.03 Å². The van der Waals surface area contributed by atoms with Crippen molar-refractivity contribution in [1.29, 1.82) is 0 Å². The van der Waals surface area contributed by atoms with E-state index in [4.69, 9.17) is 2.74 Å². The van der Waals surface area contributed by atoms with E-state index < -0.39 is 6.50 Å². The summed E-state index contributed by atoms with van der Waals surface area (Å²) >= 11 is 0. The van der Waals surface area contributed by atoms with Gasteiger partial charge in [-0.3, -0.25) is 0 Å². The highest BCUT2D eigenvalue weighted by Gasteiger charge is 2.11. The molecule has 0 saturated carbocycles. The number of fused-ring (bicyclic) bond motifs is 2. The number of nitrogens with zero attached hydrogens (tertiary/aromatic N) is 2. The Morgan fingerprint density at radius 1 is 1.10 bits per heavy atom. The van der Waals surface area contributed by atoms with Crippen LogP contribution in [0.5, 0.6) is 0 Å². The summed E-state index contributed by atoms with van der Waals surface area (Å²) in [6.07, 6.45) is 5.05. The van der Waals surface area contributed by atoms with Crippen LogP contribution in [-0.2, 0) is 6.50 Å². The summed E-state index contributed by atoms with van der Waals surface area (Å²) in [5.74, 6) is 0. The van der Waals surface area contributed by atoms with Gasteiger partial charge in [-0.25, -0.2) is 9.78 Å². The molecule has 0 aliphatic carbocycles. The fraction of sp³-hybridized carbons (Fsp3) is 0.0833. The van der Waals surface area contributed by atoms with Gasteiger partial charge in [0.25, 0.3) is 0 Å². The van der Waals surface area contributed by atoms with E-state index in [1.807, 2.05) is 49.4 Å². The summed E-state index contributed by atoms with van der Waals surface area (Å²) in [6.45, 7) is 0.137. The molecule has 3 N–H and O–H groups in total. The largest absolute Gasteiger partial charge is 0.346 e. The zero-order valence-electron chi connectivity index (χ0n) is 18.3. The fourth-order valence-corrected chi connectivity index (χ4v) is 3.57. The number of carbonyl (C=O) groups excluding carboxylic acids is 1. The molecule has 2 aromatic carbocycles. The third kappa shape index (κ3) is 3.39. The Morgan fingerprint density at radius 3 is 2.90 bits per heavy atom. The number of carbonyl (C=O) groups is 1. The van der Waals surface area contributed by atoms with Gasteiger partial charge in [-0.05, 0) is 60.5 Å². The lowest BCUT2D eigenvalue weighted by Gasteiger charge is -2.11. The lowest BCUT2D eigenvalue weighted by atomic mass is 10.2. The second-order valence-corrected chi connectivity index (χ2v) is 7.08. The van der Waals surface area contributed by atoms with E-state index in [9.17, 15) is 4.79 Å². The van der Waals surface area contributed by atoms with E-state index in [1.165, 1.54) is 0 Å². The summed E-state index contributed by atoms with van der Waals surface area (Å²) < 4.78 is 19.4. The molecule has 148 valence electrons. The van der Waals surface area contributed by atoms with Crippen molar-refractivity contribution in [3.63, 3.8) is 0 Å². The minimum atomic E-state index is -1.83. The van der Waals surface area contributed by atoms with Crippen molar-refractivity contribution in [2.24, 2.45) is 0 Å². The van der Waals surface area contributed by atoms with Gasteiger partial charge >= 0.3 is 6.03 Å². The van der Waals surface area contributed by atoms with Gasteiger partial charge in [0.1, 0.15) is 5.65 Å². The molecule has 0 radical (unpaired) electrons. The molecule has 6 heteroatoms. The first-order chi connectivity index (χ1) is 15.4. The highest BCUT2D eigenvalue weighted by atomic mass is 16.2. The number of aryl methyl sites for hydroxylation is 1. The molecule has 6 nitrogen and oxygen atoms in total. The molecule has 5 aromatic rings. The van der Waals surface area contributed by atoms with E-state index >= 15 is 0 Å². The van der Waals surface area contributed by atoms with Crippen LogP contribution in [0.15, 0.2) is 79.3 Å². The lowest BCUT2D eigenvalue weighted by Crippen LogP contribution is -2.19. The molecule has 0 atom stereocenters. The van der Waals surface area contributed by atoms with Crippen molar-refractivity contribution in [2.75, 3.05) is 10.6 Å². The second-order valence-electron chi connectivity index (χ2n) is 7.08. The van der Waals surface area contributed by atoms with Crippen LogP contribution in [-0.4, -0.2) is 20.6 Å². The maximum absolute atomic E-state index is 12.6. The first-order valence-corrected chi connectivity index (χ1v) is 9.61. The predicted molar refractivity (Wildman–Crippen MR) is 121 cm³/mol. The molecule has 0 aliphatic rings. The number of amides is 2. The van der Waals surface area contributed by atoms with Crippen LogP contribution in [0.1, 0.15) is 13.9 Å². The van der Waals surface area contributed by atoms with Crippen LogP contribution in [0, 0.1) is 6.92 Å². The molecule has 30 heavy (non-hydrogen) atoms.